The molecule has 0 aliphatic heterocycles. The number of aliphatic hydroxyl groups is 1. The topological polar surface area (TPSA) is 33.1 Å². The van der Waals surface area contributed by atoms with Crippen LogP contribution in [-0.4, -0.2) is 10.1 Å². The Morgan fingerprint density at radius 2 is 1.82 bits per heavy atom. The maximum atomic E-state index is 9.24. The Hall–Kier alpha value is -1.19. The summed E-state index contributed by atoms with van der Waals surface area (Å²) in [4.78, 5) is 5.68. The Labute approximate surface area is 106 Å². The summed E-state index contributed by atoms with van der Waals surface area (Å²) in [6.45, 7) is 4.28. The van der Waals surface area contributed by atoms with E-state index in [2.05, 4.69) is 43.1 Å². The molecule has 1 N–H and O–H groups in total. The van der Waals surface area contributed by atoms with E-state index in [1.54, 1.807) is 11.3 Å². The Kier molecular flexibility index (Phi) is 3.92. The molecule has 2 aromatic rings. The summed E-state index contributed by atoms with van der Waals surface area (Å²) in [5.41, 5.74) is 3.30. The SMILES string of the molecule is CCc1ccc(-c2nc(CO)c(CC)s2)cc1. The summed E-state index contributed by atoms with van der Waals surface area (Å²) in [6.07, 6.45) is 1.99. The van der Waals surface area contributed by atoms with Crippen LogP contribution in [-0.2, 0) is 19.4 Å². The van der Waals surface area contributed by atoms with Gasteiger partial charge in [0.2, 0.25) is 0 Å². The fraction of sp³-hybridized carbons (Fsp3) is 0.357. The predicted molar refractivity (Wildman–Crippen MR) is 72.2 cm³/mol. The lowest BCUT2D eigenvalue weighted by Gasteiger charge is -1.98. The summed E-state index contributed by atoms with van der Waals surface area (Å²) in [6, 6.07) is 8.50. The van der Waals surface area contributed by atoms with Crippen molar-refractivity contribution in [2.75, 3.05) is 0 Å². The van der Waals surface area contributed by atoms with E-state index in [1.165, 1.54) is 10.4 Å². The van der Waals surface area contributed by atoms with Crippen LogP contribution >= 0.6 is 11.3 Å². The molecule has 0 radical (unpaired) electrons. The lowest BCUT2D eigenvalue weighted by atomic mass is 10.1. The molecule has 0 saturated heterocycles. The van der Waals surface area contributed by atoms with Gasteiger partial charge in [-0.1, -0.05) is 38.1 Å². The molecule has 0 bridgehead atoms. The van der Waals surface area contributed by atoms with Gasteiger partial charge in [-0.3, -0.25) is 0 Å². The first-order valence-corrected chi connectivity index (χ1v) is 6.78. The fourth-order valence-corrected chi connectivity index (χ4v) is 2.81. The molecule has 3 heteroatoms. The van der Waals surface area contributed by atoms with Crippen molar-refractivity contribution in [3.8, 4) is 10.6 Å². The maximum Gasteiger partial charge on any atom is 0.123 e. The molecule has 17 heavy (non-hydrogen) atoms. The van der Waals surface area contributed by atoms with Gasteiger partial charge in [-0.2, -0.15) is 0 Å². The molecule has 1 aromatic carbocycles. The number of nitrogens with zero attached hydrogens (tertiary/aromatic N) is 1. The molecule has 2 rings (SSSR count). The van der Waals surface area contributed by atoms with Crippen LogP contribution in [0.3, 0.4) is 0 Å². The smallest absolute Gasteiger partial charge is 0.123 e. The van der Waals surface area contributed by atoms with Gasteiger partial charge in [0.15, 0.2) is 0 Å². The second-order valence-electron chi connectivity index (χ2n) is 3.95. The van der Waals surface area contributed by atoms with Gasteiger partial charge in [-0.25, -0.2) is 4.98 Å². The zero-order chi connectivity index (χ0) is 12.3. The van der Waals surface area contributed by atoms with E-state index in [9.17, 15) is 5.11 Å². The third-order valence-corrected chi connectivity index (χ3v) is 4.15. The van der Waals surface area contributed by atoms with Gasteiger partial charge < -0.3 is 5.11 Å². The third kappa shape index (κ3) is 2.56. The Bertz CT molecular complexity index is 466. The van der Waals surface area contributed by atoms with Crippen molar-refractivity contribution >= 4 is 11.3 Å². The van der Waals surface area contributed by atoms with Crippen LogP contribution in [0.1, 0.15) is 30.0 Å². The van der Waals surface area contributed by atoms with E-state index >= 15 is 0 Å². The monoisotopic (exact) mass is 247 g/mol. The molecule has 2 nitrogen and oxygen atoms in total. The second kappa shape index (κ2) is 5.43. The molecule has 1 heterocycles. The number of thiazole rings is 1. The normalized spacial score (nSPS) is 10.8. The van der Waals surface area contributed by atoms with Crippen molar-refractivity contribution in [2.45, 2.75) is 33.3 Å². The van der Waals surface area contributed by atoms with E-state index in [-0.39, 0.29) is 6.61 Å². The lowest BCUT2D eigenvalue weighted by Crippen LogP contribution is -1.88. The Morgan fingerprint density at radius 1 is 1.12 bits per heavy atom. The van der Waals surface area contributed by atoms with Crippen LogP contribution in [0, 0.1) is 0 Å². The number of hydrogen-bond acceptors (Lipinski definition) is 3. The summed E-state index contributed by atoms with van der Waals surface area (Å²) in [5.74, 6) is 0. The number of aryl methyl sites for hydroxylation is 2. The quantitative estimate of drug-likeness (QED) is 0.898. The van der Waals surface area contributed by atoms with Crippen LogP contribution in [0.15, 0.2) is 24.3 Å². The summed E-state index contributed by atoms with van der Waals surface area (Å²) < 4.78 is 0. The number of rotatable bonds is 4. The van der Waals surface area contributed by atoms with Crippen LogP contribution in [0.2, 0.25) is 0 Å². The Balaban J connectivity index is 2.35. The van der Waals surface area contributed by atoms with Crippen molar-refractivity contribution in [2.24, 2.45) is 0 Å². The largest absolute Gasteiger partial charge is 0.390 e. The molecule has 0 aliphatic carbocycles. The first-order valence-electron chi connectivity index (χ1n) is 5.97. The van der Waals surface area contributed by atoms with Gasteiger partial charge in [0, 0.05) is 10.4 Å². The van der Waals surface area contributed by atoms with Crippen LogP contribution < -0.4 is 0 Å². The number of hydrogen-bond donors (Lipinski definition) is 1. The van der Waals surface area contributed by atoms with E-state index in [0.717, 1.165) is 29.1 Å². The molecule has 0 aliphatic rings. The molecule has 1 aromatic heterocycles. The van der Waals surface area contributed by atoms with Gasteiger partial charge in [0.05, 0.1) is 12.3 Å². The summed E-state index contributed by atoms with van der Waals surface area (Å²) >= 11 is 1.68. The van der Waals surface area contributed by atoms with Crippen LogP contribution in [0.5, 0.6) is 0 Å². The third-order valence-electron chi connectivity index (χ3n) is 2.86. The van der Waals surface area contributed by atoms with E-state index in [4.69, 9.17) is 0 Å². The van der Waals surface area contributed by atoms with Gasteiger partial charge >= 0.3 is 0 Å². The average Bonchev–Trinajstić information content (AvgIpc) is 2.82. The highest BCUT2D eigenvalue weighted by atomic mass is 32.1. The summed E-state index contributed by atoms with van der Waals surface area (Å²) in [7, 11) is 0. The summed E-state index contributed by atoms with van der Waals surface area (Å²) in [5, 5.41) is 10.2. The number of benzene rings is 1. The molecule has 0 saturated carbocycles. The molecule has 0 fully saturated rings. The first-order chi connectivity index (χ1) is 8.28. The van der Waals surface area contributed by atoms with E-state index in [1.807, 2.05) is 0 Å². The minimum absolute atomic E-state index is 0.0344. The lowest BCUT2D eigenvalue weighted by molar-refractivity contribution is 0.276. The number of aliphatic hydroxyl groups excluding tert-OH is 1. The minimum Gasteiger partial charge on any atom is -0.390 e. The van der Waals surface area contributed by atoms with Crippen LogP contribution in [0.4, 0.5) is 0 Å². The average molecular weight is 247 g/mol. The van der Waals surface area contributed by atoms with Crippen molar-refractivity contribution in [3.05, 3.63) is 40.4 Å². The van der Waals surface area contributed by atoms with Gasteiger partial charge in [0.25, 0.3) is 0 Å². The second-order valence-corrected chi connectivity index (χ2v) is 5.03. The molecule has 0 spiro atoms. The molecule has 0 amide bonds. The van der Waals surface area contributed by atoms with Crippen molar-refractivity contribution < 1.29 is 5.11 Å². The molecule has 0 atom stereocenters. The zero-order valence-corrected chi connectivity index (χ0v) is 11.0. The van der Waals surface area contributed by atoms with Gasteiger partial charge in [0.1, 0.15) is 5.01 Å². The van der Waals surface area contributed by atoms with E-state index in [0.29, 0.717) is 0 Å². The highest BCUT2D eigenvalue weighted by Crippen LogP contribution is 2.28. The minimum atomic E-state index is 0.0344. The fourth-order valence-electron chi connectivity index (χ4n) is 1.79. The first kappa shape index (κ1) is 12.3. The van der Waals surface area contributed by atoms with Crippen molar-refractivity contribution in [3.63, 3.8) is 0 Å². The van der Waals surface area contributed by atoms with Crippen molar-refractivity contribution in [1.29, 1.82) is 0 Å². The standard InChI is InChI=1S/C14H17NOS/c1-3-10-5-7-11(8-6-10)14-15-12(9-16)13(4-2)17-14/h5-8,16H,3-4,9H2,1-2H3. The van der Waals surface area contributed by atoms with Gasteiger partial charge in [-0.05, 0) is 18.4 Å². The Morgan fingerprint density at radius 3 is 2.29 bits per heavy atom. The maximum absolute atomic E-state index is 9.24. The van der Waals surface area contributed by atoms with Crippen molar-refractivity contribution in [1.82, 2.24) is 4.98 Å². The highest BCUT2D eigenvalue weighted by molar-refractivity contribution is 7.15. The predicted octanol–water partition coefficient (Wildman–Crippen LogP) is 3.43. The van der Waals surface area contributed by atoms with Crippen LogP contribution in [0.25, 0.3) is 10.6 Å². The molecular weight excluding hydrogens is 230 g/mol. The van der Waals surface area contributed by atoms with E-state index < -0.39 is 0 Å². The molecule has 90 valence electrons. The van der Waals surface area contributed by atoms with Gasteiger partial charge in [-0.15, -0.1) is 11.3 Å². The molecule has 0 unspecified atom stereocenters. The molecular formula is C14H17NOS. The zero-order valence-electron chi connectivity index (χ0n) is 10.2. The highest BCUT2D eigenvalue weighted by Gasteiger charge is 2.10. The number of aromatic nitrogens is 1.